The Bertz CT molecular complexity index is 2540. The van der Waals surface area contributed by atoms with Gasteiger partial charge in [-0.2, -0.15) is 19.9 Å². The summed E-state index contributed by atoms with van der Waals surface area (Å²) in [4.78, 5) is 74.6. The van der Waals surface area contributed by atoms with E-state index in [2.05, 4.69) is 67.4 Å². The third-order valence-corrected chi connectivity index (χ3v) is 10.1. The fraction of sp³-hybridized carbons (Fsp3) is 0.227. The van der Waals surface area contributed by atoms with Gasteiger partial charge in [0.15, 0.2) is 0 Å². The Morgan fingerprint density at radius 2 is 0.723 bits per heavy atom. The molecule has 6 aromatic rings. The van der Waals surface area contributed by atoms with Crippen molar-refractivity contribution < 1.29 is 19.2 Å². The van der Waals surface area contributed by atoms with Crippen LogP contribution in [0.4, 0.5) is 75.2 Å². The lowest BCUT2D eigenvalue weighted by Crippen LogP contribution is -2.69. The highest BCUT2D eigenvalue weighted by molar-refractivity contribution is 6.28. The van der Waals surface area contributed by atoms with E-state index < -0.39 is 0 Å². The number of carbonyl (C=O) groups is 4. The lowest BCUT2D eigenvalue weighted by atomic mass is 10.1. The van der Waals surface area contributed by atoms with Gasteiger partial charge < -0.3 is 42.5 Å². The highest BCUT2D eigenvalue weighted by Gasteiger charge is 2.43. The maximum Gasteiger partial charge on any atom is 0.335 e. The van der Waals surface area contributed by atoms with Crippen molar-refractivity contribution in [1.82, 2.24) is 39.3 Å². The summed E-state index contributed by atoms with van der Waals surface area (Å²) in [5.41, 5.74) is 5.47. The van der Waals surface area contributed by atoms with E-state index in [1.165, 1.54) is 27.7 Å². The molecule has 0 radical (unpaired) electrons. The Hall–Kier alpha value is -7.81. The average molecular weight is 900 g/mol. The van der Waals surface area contributed by atoms with Gasteiger partial charge >= 0.3 is 5.95 Å². The molecule has 2 aromatic heterocycles. The fourth-order valence-corrected chi connectivity index (χ4v) is 7.31. The van der Waals surface area contributed by atoms with Crippen LogP contribution < -0.4 is 47.0 Å². The molecule has 0 spiro atoms. The van der Waals surface area contributed by atoms with Crippen LogP contribution in [0, 0.1) is 0 Å². The third kappa shape index (κ3) is 13.1. The largest absolute Gasteiger partial charge is 0.335 e. The molecule has 0 saturated carbocycles. The zero-order valence-electron chi connectivity index (χ0n) is 36.1. The summed E-state index contributed by atoms with van der Waals surface area (Å²) in [6, 6.07) is 29.0. The number of amides is 4. The summed E-state index contributed by atoms with van der Waals surface area (Å²) < 4.78 is 0.722. The van der Waals surface area contributed by atoms with Gasteiger partial charge in [-0.1, -0.05) is 24.3 Å². The van der Waals surface area contributed by atoms with Gasteiger partial charge in [-0.3, -0.25) is 28.6 Å². The minimum atomic E-state index is -0.168. The average Bonchev–Trinajstić information content (AvgIpc) is 3.24. The van der Waals surface area contributed by atoms with Gasteiger partial charge in [0.25, 0.3) is 0 Å². The molecule has 3 fully saturated rings. The topological polar surface area (TPSA) is 245 Å². The van der Waals surface area contributed by atoms with E-state index in [1.807, 2.05) is 48.5 Å². The zero-order valence-corrected chi connectivity index (χ0v) is 36.8. The highest BCUT2D eigenvalue weighted by Crippen LogP contribution is 2.30. The lowest BCUT2D eigenvalue weighted by molar-refractivity contribution is -0.115. The molecule has 0 atom stereocenters. The number of quaternary nitrogens is 1. The Morgan fingerprint density at radius 1 is 0.446 bits per heavy atom. The first-order valence-corrected chi connectivity index (χ1v) is 21.0. The van der Waals surface area contributed by atoms with Gasteiger partial charge in [-0.05, 0) is 84.4 Å². The Balaban J connectivity index is 0.000000199. The van der Waals surface area contributed by atoms with Crippen LogP contribution in [0.1, 0.15) is 27.7 Å². The second-order valence-electron chi connectivity index (χ2n) is 15.2. The molecule has 334 valence electrons. The molecular weight excluding hydrogens is 852 g/mol. The fourth-order valence-electron chi connectivity index (χ4n) is 7.15. The molecule has 4 aromatic carbocycles. The van der Waals surface area contributed by atoms with Gasteiger partial charge in [-0.25, -0.2) is 0 Å². The number of carbonyl (C=O) groups excluding carboxylic acids is 4. The maximum atomic E-state index is 11.5. The summed E-state index contributed by atoms with van der Waals surface area (Å²) in [6.45, 7) is 11.8. The van der Waals surface area contributed by atoms with Crippen LogP contribution in [0.5, 0.6) is 0 Å². The minimum absolute atomic E-state index is 0.000955. The highest BCUT2D eigenvalue weighted by atomic mass is 35.5. The van der Waals surface area contributed by atoms with Crippen molar-refractivity contribution in [2.24, 2.45) is 0 Å². The Labute approximate surface area is 379 Å². The number of nitrogens with zero attached hydrogens (tertiary/aromatic N) is 8. The standard InChI is InChI=1S/C25H29N9O2.C19H18ClN7O2/c1-17(35)26-19-5-3-7-21(15-19)28-23-30-24(29-22-8-4-6-20(16-22)27-18(2)36)32-25(31-23)34-12-9-33(10-13-34)11-14-34;1-11(28)21-13-5-3-7-15(9-13)23-18-25-17(20)26-19(27-18)24-16-8-4-6-14(10-16)22-12(2)29/h3-8,15-16H,9-14H2,1-2H3,(H3-,26,27,28,29,30,31,32,35,36);3-10H,1-2H3,(H,21,28)(H,22,29)(H2,23,24,25,26,27)/p+1. The SMILES string of the molecule is CC(=O)Nc1cccc(Nc2nc(Cl)nc(Nc3cccc(NC(C)=O)c3)n2)c1.CC(=O)Nc1cccc(Nc2nc(Nc3cccc(NC(C)=O)c3)nc([N+]34CCN(CC3)CC4)n2)c1. The van der Waals surface area contributed by atoms with E-state index in [9.17, 15) is 19.2 Å². The number of anilines is 12. The number of nitrogens with one attached hydrogen (secondary N) is 8. The quantitative estimate of drug-likeness (QED) is 0.0553. The summed E-state index contributed by atoms with van der Waals surface area (Å²) in [6.07, 6.45) is 0. The zero-order chi connectivity index (χ0) is 45.9. The monoisotopic (exact) mass is 899 g/mol. The molecular formula is C44H48ClN16O4+. The van der Waals surface area contributed by atoms with E-state index in [0.29, 0.717) is 46.0 Å². The molecule has 65 heavy (non-hydrogen) atoms. The van der Waals surface area contributed by atoms with E-state index in [4.69, 9.17) is 21.6 Å². The number of rotatable bonds is 13. The minimum Gasteiger partial charge on any atom is -0.326 e. The van der Waals surface area contributed by atoms with Gasteiger partial charge in [0.1, 0.15) is 0 Å². The van der Waals surface area contributed by atoms with Gasteiger partial charge in [0.05, 0.1) is 19.6 Å². The molecule has 20 nitrogen and oxygen atoms in total. The summed E-state index contributed by atoms with van der Waals surface area (Å²) in [5.74, 6) is 1.41. The van der Waals surface area contributed by atoms with E-state index in [-0.39, 0.29) is 40.8 Å². The predicted octanol–water partition coefficient (Wildman–Crippen LogP) is 6.84. The Morgan fingerprint density at radius 3 is 1.02 bits per heavy atom. The lowest BCUT2D eigenvalue weighted by Gasteiger charge is -2.48. The molecule has 3 aliphatic heterocycles. The van der Waals surface area contributed by atoms with Crippen molar-refractivity contribution in [2.45, 2.75) is 27.7 Å². The van der Waals surface area contributed by atoms with Crippen LogP contribution in [0.2, 0.25) is 5.28 Å². The van der Waals surface area contributed by atoms with Crippen LogP contribution in [-0.2, 0) is 19.2 Å². The van der Waals surface area contributed by atoms with Crippen LogP contribution >= 0.6 is 11.6 Å². The molecule has 8 N–H and O–H groups in total. The number of halogens is 1. The van der Waals surface area contributed by atoms with Gasteiger partial charge in [-0.15, -0.1) is 9.97 Å². The number of aromatic nitrogens is 6. The molecule has 9 rings (SSSR count). The number of piperazine rings is 3. The van der Waals surface area contributed by atoms with Crippen molar-refractivity contribution >= 4 is 110 Å². The first-order valence-electron chi connectivity index (χ1n) is 20.6. The number of hydrogen-bond acceptors (Lipinski definition) is 15. The van der Waals surface area contributed by atoms with Crippen molar-refractivity contribution in [3.05, 3.63) is 102 Å². The third-order valence-electron chi connectivity index (χ3n) is 9.95. The summed E-state index contributed by atoms with van der Waals surface area (Å²) in [5, 5.41) is 23.6. The van der Waals surface area contributed by atoms with Crippen molar-refractivity contribution in [3.63, 3.8) is 0 Å². The second-order valence-corrected chi connectivity index (χ2v) is 15.6. The van der Waals surface area contributed by atoms with Gasteiger partial charge in [0.2, 0.25) is 52.7 Å². The Kier molecular flexibility index (Phi) is 14.3. The van der Waals surface area contributed by atoms with Crippen molar-refractivity contribution in [1.29, 1.82) is 0 Å². The predicted molar refractivity (Wildman–Crippen MR) is 254 cm³/mol. The summed E-state index contributed by atoms with van der Waals surface area (Å²) in [7, 11) is 0. The van der Waals surface area contributed by atoms with E-state index >= 15 is 0 Å². The van der Waals surface area contributed by atoms with Gasteiger partial charge in [0, 0.05) is 92.8 Å². The first-order chi connectivity index (χ1) is 31.2. The molecule has 21 heteroatoms. The van der Waals surface area contributed by atoms with Crippen LogP contribution in [0.3, 0.4) is 0 Å². The molecule has 4 amide bonds. The molecule has 0 aliphatic carbocycles. The number of hydrogen-bond donors (Lipinski definition) is 8. The molecule has 3 saturated heterocycles. The first kappa shape index (κ1) is 45.2. The molecule has 5 heterocycles. The molecule has 3 aliphatic rings. The molecule has 2 bridgehead atoms. The summed E-state index contributed by atoms with van der Waals surface area (Å²) >= 11 is 6.03. The number of benzene rings is 4. The maximum absolute atomic E-state index is 11.5. The van der Waals surface area contributed by atoms with Crippen LogP contribution in [0.25, 0.3) is 0 Å². The van der Waals surface area contributed by atoms with Crippen molar-refractivity contribution in [2.75, 3.05) is 81.8 Å². The van der Waals surface area contributed by atoms with E-state index in [1.54, 1.807) is 48.5 Å². The van der Waals surface area contributed by atoms with Crippen LogP contribution in [0.15, 0.2) is 97.1 Å². The van der Waals surface area contributed by atoms with Crippen LogP contribution in [-0.4, -0.2) is 97.7 Å². The van der Waals surface area contributed by atoms with E-state index in [0.717, 1.165) is 61.1 Å². The smallest absolute Gasteiger partial charge is 0.326 e. The second kappa shape index (κ2) is 20.6. The number of fused-ring (bicyclic) bond motifs is 3. The molecule has 0 unspecified atom stereocenters. The normalized spacial score (nSPS) is 15.9. The van der Waals surface area contributed by atoms with Crippen molar-refractivity contribution in [3.8, 4) is 0 Å².